The molecule has 0 unspecified atom stereocenters. The standard InChI is InChI=1S/C19H19N3O4/c1-2-19(14-9-5-3-6-10-14)17(24)22(18(25)20-19)21-16(23)13-26-15-11-7-4-8-12-15/h3-12H,2,13H2,1H3,(H,20,25)(H,21,23)/t19-/m1/s1. The summed E-state index contributed by atoms with van der Waals surface area (Å²) in [5, 5.41) is 3.41. The van der Waals surface area contributed by atoms with Gasteiger partial charge in [-0.1, -0.05) is 55.5 Å². The van der Waals surface area contributed by atoms with Gasteiger partial charge in [-0.2, -0.15) is 5.01 Å². The van der Waals surface area contributed by atoms with Gasteiger partial charge in [0.2, 0.25) is 0 Å². The van der Waals surface area contributed by atoms with Crippen molar-refractivity contribution in [1.29, 1.82) is 0 Å². The number of benzene rings is 2. The van der Waals surface area contributed by atoms with Gasteiger partial charge in [0.15, 0.2) is 6.61 Å². The van der Waals surface area contributed by atoms with Crippen molar-refractivity contribution in [3.8, 4) is 5.75 Å². The van der Waals surface area contributed by atoms with Crippen molar-refractivity contribution in [3.05, 3.63) is 66.2 Å². The maximum Gasteiger partial charge on any atom is 0.344 e. The van der Waals surface area contributed by atoms with Crippen LogP contribution in [0.2, 0.25) is 0 Å². The first-order valence-corrected chi connectivity index (χ1v) is 8.26. The molecule has 1 aliphatic heterocycles. The van der Waals surface area contributed by atoms with Gasteiger partial charge in [-0.05, 0) is 24.1 Å². The summed E-state index contributed by atoms with van der Waals surface area (Å²) < 4.78 is 5.33. The Bertz CT molecular complexity index is 810. The van der Waals surface area contributed by atoms with Gasteiger partial charge in [-0.3, -0.25) is 15.0 Å². The molecule has 7 nitrogen and oxygen atoms in total. The summed E-state index contributed by atoms with van der Waals surface area (Å²) in [4.78, 5) is 37.2. The lowest BCUT2D eigenvalue weighted by atomic mass is 9.87. The quantitative estimate of drug-likeness (QED) is 0.777. The zero-order valence-corrected chi connectivity index (χ0v) is 14.3. The third-order valence-corrected chi connectivity index (χ3v) is 4.24. The molecule has 7 heteroatoms. The van der Waals surface area contributed by atoms with Crippen molar-refractivity contribution in [3.63, 3.8) is 0 Å². The monoisotopic (exact) mass is 353 g/mol. The highest BCUT2D eigenvalue weighted by molar-refractivity contribution is 6.08. The lowest BCUT2D eigenvalue weighted by molar-refractivity contribution is -0.140. The second-order valence-corrected chi connectivity index (χ2v) is 5.83. The highest BCUT2D eigenvalue weighted by Crippen LogP contribution is 2.31. The number of carbonyl (C=O) groups is 3. The van der Waals surface area contributed by atoms with E-state index in [0.717, 1.165) is 0 Å². The fourth-order valence-electron chi connectivity index (χ4n) is 2.86. The van der Waals surface area contributed by atoms with E-state index in [2.05, 4.69) is 10.7 Å². The van der Waals surface area contributed by atoms with Gasteiger partial charge < -0.3 is 10.1 Å². The summed E-state index contributed by atoms with van der Waals surface area (Å²) in [6.07, 6.45) is 0.356. The molecule has 0 spiro atoms. The third kappa shape index (κ3) is 3.23. The van der Waals surface area contributed by atoms with Crippen LogP contribution in [-0.4, -0.2) is 29.5 Å². The van der Waals surface area contributed by atoms with Crippen LogP contribution in [0.4, 0.5) is 4.79 Å². The number of hydrogen-bond acceptors (Lipinski definition) is 4. The normalized spacial score (nSPS) is 19.2. The first kappa shape index (κ1) is 17.5. The molecule has 2 N–H and O–H groups in total. The summed E-state index contributed by atoms with van der Waals surface area (Å²) >= 11 is 0. The molecule has 0 aliphatic carbocycles. The third-order valence-electron chi connectivity index (χ3n) is 4.24. The number of ether oxygens (including phenoxy) is 1. The summed E-state index contributed by atoms with van der Waals surface area (Å²) in [7, 11) is 0. The van der Waals surface area contributed by atoms with E-state index in [1.165, 1.54) is 0 Å². The van der Waals surface area contributed by atoms with Crippen molar-refractivity contribution in [2.45, 2.75) is 18.9 Å². The molecule has 1 fully saturated rings. The number of hydrazine groups is 1. The van der Waals surface area contributed by atoms with E-state index in [0.29, 0.717) is 22.7 Å². The van der Waals surface area contributed by atoms with Crippen LogP contribution in [0.3, 0.4) is 0 Å². The van der Waals surface area contributed by atoms with Crippen LogP contribution in [0.1, 0.15) is 18.9 Å². The van der Waals surface area contributed by atoms with E-state index in [1.54, 1.807) is 55.5 Å². The van der Waals surface area contributed by atoms with Crippen molar-refractivity contribution in [2.24, 2.45) is 0 Å². The second kappa shape index (κ2) is 7.26. The molecular weight excluding hydrogens is 334 g/mol. The lowest BCUT2D eigenvalue weighted by Crippen LogP contribution is -2.49. The maximum absolute atomic E-state index is 12.9. The average Bonchev–Trinajstić information content (AvgIpc) is 2.93. The number of nitrogens with zero attached hydrogens (tertiary/aromatic N) is 1. The Morgan fingerprint density at radius 2 is 1.69 bits per heavy atom. The minimum Gasteiger partial charge on any atom is -0.484 e. The number of rotatable bonds is 6. The number of urea groups is 1. The molecule has 2 aromatic rings. The molecule has 2 aromatic carbocycles. The zero-order chi connectivity index (χ0) is 18.6. The molecule has 4 amide bonds. The van der Waals surface area contributed by atoms with Gasteiger partial charge in [0.1, 0.15) is 11.3 Å². The van der Waals surface area contributed by atoms with E-state index < -0.39 is 23.4 Å². The van der Waals surface area contributed by atoms with E-state index in [4.69, 9.17) is 4.74 Å². The predicted molar refractivity (Wildman–Crippen MR) is 93.9 cm³/mol. The Hall–Kier alpha value is -3.35. The minimum atomic E-state index is -1.19. The van der Waals surface area contributed by atoms with Gasteiger partial charge in [0.05, 0.1) is 0 Å². The van der Waals surface area contributed by atoms with Gasteiger partial charge in [-0.25, -0.2) is 4.79 Å². The zero-order valence-electron chi connectivity index (χ0n) is 14.3. The van der Waals surface area contributed by atoms with Crippen LogP contribution >= 0.6 is 0 Å². The van der Waals surface area contributed by atoms with Crippen LogP contribution in [0.25, 0.3) is 0 Å². The van der Waals surface area contributed by atoms with Crippen LogP contribution in [0.5, 0.6) is 5.75 Å². The molecular formula is C19H19N3O4. The molecule has 0 saturated carbocycles. The van der Waals surface area contributed by atoms with Crippen LogP contribution in [-0.2, 0) is 15.1 Å². The molecule has 26 heavy (non-hydrogen) atoms. The lowest BCUT2D eigenvalue weighted by Gasteiger charge is -2.25. The smallest absolute Gasteiger partial charge is 0.344 e. The Morgan fingerprint density at radius 1 is 1.08 bits per heavy atom. The van der Waals surface area contributed by atoms with Crippen molar-refractivity contribution in [1.82, 2.24) is 15.8 Å². The molecule has 134 valence electrons. The molecule has 0 radical (unpaired) electrons. The van der Waals surface area contributed by atoms with E-state index in [9.17, 15) is 14.4 Å². The van der Waals surface area contributed by atoms with Gasteiger partial charge in [0, 0.05) is 0 Å². The Kier molecular flexibility index (Phi) is 4.88. The maximum atomic E-state index is 12.9. The average molecular weight is 353 g/mol. The molecule has 1 atom stereocenters. The van der Waals surface area contributed by atoms with E-state index in [1.807, 2.05) is 12.1 Å². The Morgan fingerprint density at radius 3 is 2.31 bits per heavy atom. The molecule has 1 saturated heterocycles. The molecule has 3 rings (SSSR count). The van der Waals surface area contributed by atoms with Gasteiger partial charge in [0.25, 0.3) is 11.8 Å². The topological polar surface area (TPSA) is 87.7 Å². The largest absolute Gasteiger partial charge is 0.484 e. The first-order chi connectivity index (χ1) is 12.6. The van der Waals surface area contributed by atoms with Crippen molar-refractivity contribution >= 4 is 17.8 Å². The molecule has 0 aromatic heterocycles. The predicted octanol–water partition coefficient (Wildman–Crippen LogP) is 1.95. The van der Waals surface area contributed by atoms with Crippen LogP contribution in [0, 0.1) is 0 Å². The molecule has 0 bridgehead atoms. The summed E-state index contributed by atoms with van der Waals surface area (Å²) in [6, 6.07) is 17.1. The number of nitrogens with one attached hydrogen (secondary N) is 2. The first-order valence-electron chi connectivity index (χ1n) is 8.26. The van der Waals surface area contributed by atoms with E-state index >= 15 is 0 Å². The SMILES string of the molecule is CC[C@]1(c2ccccc2)NC(=O)N(NC(=O)COc2ccccc2)C1=O. The summed E-state index contributed by atoms with van der Waals surface area (Å²) in [5.41, 5.74) is 1.79. The highest BCUT2D eigenvalue weighted by atomic mass is 16.5. The Labute approximate surface area is 150 Å². The van der Waals surface area contributed by atoms with Gasteiger partial charge >= 0.3 is 6.03 Å². The molecule has 1 aliphatic rings. The summed E-state index contributed by atoms with van der Waals surface area (Å²) in [5.74, 6) is -0.603. The molecule has 1 heterocycles. The highest BCUT2D eigenvalue weighted by Gasteiger charge is 2.52. The van der Waals surface area contributed by atoms with Crippen LogP contribution < -0.4 is 15.5 Å². The van der Waals surface area contributed by atoms with Crippen molar-refractivity contribution in [2.75, 3.05) is 6.61 Å². The second-order valence-electron chi connectivity index (χ2n) is 5.83. The Balaban J connectivity index is 1.70. The fraction of sp³-hybridized carbons (Fsp3) is 0.211. The number of amides is 4. The van der Waals surface area contributed by atoms with Crippen molar-refractivity contribution < 1.29 is 19.1 Å². The van der Waals surface area contributed by atoms with Crippen LogP contribution in [0.15, 0.2) is 60.7 Å². The fourth-order valence-corrected chi connectivity index (χ4v) is 2.86. The van der Waals surface area contributed by atoms with E-state index in [-0.39, 0.29) is 6.61 Å². The number of carbonyl (C=O) groups excluding carboxylic acids is 3. The summed E-state index contributed by atoms with van der Waals surface area (Å²) in [6.45, 7) is 1.49. The number of para-hydroxylation sites is 1. The number of hydrogen-bond donors (Lipinski definition) is 2. The number of imide groups is 1. The minimum absolute atomic E-state index is 0.314. The van der Waals surface area contributed by atoms with Gasteiger partial charge in [-0.15, -0.1) is 0 Å².